The average molecular weight is 578 g/mol. The molecule has 1 aliphatic rings. The fourth-order valence-corrected chi connectivity index (χ4v) is 3.53. The van der Waals surface area contributed by atoms with Gasteiger partial charge < -0.3 is 30.4 Å². The summed E-state index contributed by atoms with van der Waals surface area (Å²) in [4.78, 5) is 28.6. The number of ether oxygens (including phenoxy) is 1. The second-order valence-electron chi connectivity index (χ2n) is 9.14. The van der Waals surface area contributed by atoms with Crippen molar-refractivity contribution in [1.82, 2.24) is 21.3 Å². The number of halogens is 1. The number of amides is 2. The molecule has 4 N–H and O–H groups in total. The van der Waals surface area contributed by atoms with E-state index in [1.807, 2.05) is 34.6 Å². The van der Waals surface area contributed by atoms with Crippen molar-refractivity contribution in [2.75, 3.05) is 19.6 Å². The van der Waals surface area contributed by atoms with E-state index in [9.17, 15) is 9.59 Å². The number of aryl methyl sites for hydroxylation is 1. The number of nitrogens with zero attached hydrogens (tertiary/aromatic N) is 1. The van der Waals surface area contributed by atoms with Crippen molar-refractivity contribution in [2.45, 2.75) is 84.4 Å². The van der Waals surface area contributed by atoms with Crippen LogP contribution in [-0.4, -0.2) is 55.3 Å². The van der Waals surface area contributed by atoms with Crippen molar-refractivity contribution in [3.63, 3.8) is 0 Å². The van der Waals surface area contributed by atoms with Crippen LogP contribution < -0.4 is 21.3 Å². The highest BCUT2D eigenvalue weighted by atomic mass is 127. The number of furan rings is 1. The Balaban J connectivity index is 0.00000544. The topological polar surface area (TPSA) is 117 Å². The van der Waals surface area contributed by atoms with Crippen LogP contribution in [0.2, 0.25) is 0 Å². The molecule has 0 bridgehead atoms. The van der Waals surface area contributed by atoms with Crippen molar-refractivity contribution < 1.29 is 18.7 Å². The van der Waals surface area contributed by atoms with Gasteiger partial charge in [-0.15, -0.1) is 24.0 Å². The highest BCUT2D eigenvalue weighted by molar-refractivity contribution is 14.0. The predicted molar refractivity (Wildman–Crippen MR) is 140 cm³/mol. The summed E-state index contributed by atoms with van der Waals surface area (Å²) < 4.78 is 10.5. The molecular weight excluding hydrogens is 537 g/mol. The Bertz CT molecular complexity index is 767. The van der Waals surface area contributed by atoms with Gasteiger partial charge in [-0.1, -0.05) is 0 Å². The molecule has 1 aromatic rings. The molecule has 0 unspecified atom stereocenters. The molecule has 0 spiro atoms. The van der Waals surface area contributed by atoms with E-state index in [1.165, 1.54) is 6.26 Å². The Morgan fingerprint density at radius 1 is 1.12 bits per heavy atom. The largest absolute Gasteiger partial charge is 0.459 e. The van der Waals surface area contributed by atoms with Crippen LogP contribution in [0, 0.1) is 6.92 Å². The summed E-state index contributed by atoms with van der Waals surface area (Å²) in [6, 6.07) is 2.23. The third-order valence-corrected chi connectivity index (χ3v) is 5.09. The van der Waals surface area contributed by atoms with Crippen molar-refractivity contribution in [2.24, 2.45) is 4.99 Å². The molecule has 1 fully saturated rings. The zero-order valence-electron chi connectivity index (χ0n) is 20.5. The van der Waals surface area contributed by atoms with Crippen LogP contribution >= 0.6 is 24.0 Å². The summed E-state index contributed by atoms with van der Waals surface area (Å²) in [6.07, 6.45) is 5.59. The predicted octanol–water partition coefficient (Wildman–Crippen LogP) is 3.72. The van der Waals surface area contributed by atoms with E-state index in [-0.39, 0.29) is 42.0 Å². The van der Waals surface area contributed by atoms with Crippen LogP contribution in [-0.2, 0) is 4.74 Å². The van der Waals surface area contributed by atoms with Gasteiger partial charge in [0.1, 0.15) is 5.60 Å². The third kappa shape index (κ3) is 11.1. The number of guanidine groups is 1. The van der Waals surface area contributed by atoms with Crippen LogP contribution in [0.1, 0.15) is 75.9 Å². The van der Waals surface area contributed by atoms with E-state index in [2.05, 4.69) is 26.3 Å². The van der Waals surface area contributed by atoms with Crippen molar-refractivity contribution >= 4 is 41.9 Å². The maximum Gasteiger partial charge on any atom is 0.407 e. The third-order valence-electron chi connectivity index (χ3n) is 5.09. The number of aliphatic imine (C=N–C) groups is 1. The quantitative estimate of drug-likeness (QED) is 0.162. The van der Waals surface area contributed by atoms with Gasteiger partial charge in [-0.2, -0.15) is 0 Å². The summed E-state index contributed by atoms with van der Waals surface area (Å²) >= 11 is 0. The molecule has 188 valence electrons. The normalized spacial score (nSPS) is 18.6. The van der Waals surface area contributed by atoms with E-state index in [0.29, 0.717) is 24.9 Å². The summed E-state index contributed by atoms with van der Waals surface area (Å²) in [7, 11) is 0. The van der Waals surface area contributed by atoms with Gasteiger partial charge in [0.2, 0.25) is 0 Å². The van der Waals surface area contributed by atoms with Gasteiger partial charge in [-0.05, 0) is 72.8 Å². The van der Waals surface area contributed by atoms with Crippen LogP contribution in [0.4, 0.5) is 4.79 Å². The molecule has 10 heteroatoms. The first-order valence-corrected chi connectivity index (χ1v) is 11.5. The van der Waals surface area contributed by atoms with Crippen molar-refractivity contribution in [1.29, 1.82) is 0 Å². The van der Waals surface area contributed by atoms with Gasteiger partial charge in [-0.25, -0.2) is 4.79 Å². The molecule has 0 atom stereocenters. The lowest BCUT2D eigenvalue weighted by atomic mass is 9.91. The van der Waals surface area contributed by atoms with E-state index in [4.69, 9.17) is 9.15 Å². The fourth-order valence-electron chi connectivity index (χ4n) is 3.53. The number of rotatable bonds is 8. The maximum atomic E-state index is 12.1. The van der Waals surface area contributed by atoms with Crippen LogP contribution in [0.5, 0.6) is 0 Å². The Morgan fingerprint density at radius 3 is 2.30 bits per heavy atom. The standard InChI is InChI=1S/C23H39N5O4.HI/c1-6-24-21(26-14-7-13-25-20(29)19-16(2)12-15-31-19)27-17-8-10-18(11-9-17)28-22(30)32-23(3,4)5;/h12,15,17-18H,6-11,13-14H2,1-5H3,(H,25,29)(H,28,30)(H2,24,26,27);1H. The number of carbonyl (C=O) groups excluding carboxylic acids is 2. The van der Waals surface area contributed by atoms with Crippen LogP contribution in [0.3, 0.4) is 0 Å². The molecule has 1 saturated carbocycles. The molecule has 1 aromatic heterocycles. The molecule has 0 aliphatic heterocycles. The second-order valence-corrected chi connectivity index (χ2v) is 9.14. The van der Waals surface area contributed by atoms with Crippen LogP contribution in [0.25, 0.3) is 0 Å². The lowest BCUT2D eigenvalue weighted by Crippen LogP contribution is -2.48. The number of carbonyl (C=O) groups is 2. The van der Waals surface area contributed by atoms with Crippen molar-refractivity contribution in [3.05, 3.63) is 23.7 Å². The molecule has 2 amide bonds. The summed E-state index contributed by atoms with van der Waals surface area (Å²) in [5.74, 6) is 0.947. The van der Waals surface area contributed by atoms with Crippen molar-refractivity contribution in [3.8, 4) is 0 Å². The Labute approximate surface area is 214 Å². The number of hydrogen-bond donors (Lipinski definition) is 4. The van der Waals surface area contributed by atoms with E-state index in [0.717, 1.165) is 50.2 Å². The van der Waals surface area contributed by atoms with Gasteiger partial charge in [-0.3, -0.25) is 9.79 Å². The van der Waals surface area contributed by atoms with Gasteiger partial charge in [0.05, 0.1) is 6.26 Å². The molecule has 9 nitrogen and oxygen atoms in total. The molecular formula is C23H40IN5O4. The second kappa shape index (κ2) is 14.3. The zero-order valence-corrected chi connectivity index (χ0v) is 22.8. The number of alkyl carbamates (subject to hydrolysis) is 1. The van der Waals surface area contributed by atoms with Gasteiger partial charge in [0, 0.05) is 37.3 Å². The smallest absolute Gasteiger partial charge is 0.407 e. The lowest BCUT2D eigenvalue weighted by Gasteiger charge is -2.31. The Morgan fingerprint density at radius 2 is 1.76 bits per heavy atom. The fraction of sp³-hybridized carbons (Fsp3) is 0.696. The molecule has 0 aromatic carbocycles. The Kier molecular flexibility index (Phi) is 12.6. The molecule has 2 rings (SSSR count). The first-order valence-electron chi connectivity index (χ1n) is 11.5. The van der Waals surface area contributed by atoms with Gasteiger partial charge in [0.15, 0.2) is 11.7 Å². The molecule has 0 radical (unpaired) electrons. The Hall–Kier alpha value is -1.98. The molecule has 33 heavy (non-hydrogen) atoms. The maximum absolute atomic E-state index is 12.1. The van der Waals surface area contributed by atoms with Gasteiger partial charge in [0.25, 0.3) is 5.91 Å². The monoisotopic (exact) mass is 577 g/mol. The highest BCUT2D eigenvalue weighted by Crippen LogP contribution is 2.19. The minimum atomic E-state index is -0.486. The zero-order chi connectivity index (χ0) is 23.6. The summed E-state index contributed by atoms with van der Waals surface area (Å²) in [5, 5.41) is 12.6. The molecule has 1 heterocycles. The minimum Gasteiger partial charge on any atom is -0.459 e. The minimum absolute atomic E-state index is 0. The van der Waals surface area contributed by atoms with Gasteiger partial charge >= 0.3 is 6.09 Å². The number of hydrogen-bond acceptors (Lipinski definition) is 5. The first kappa shape index (κ1) is 29.1. The van der Waals surface area contributed by atoms with E-state index >= 15 is 0 Å². The first-order chi connectivity index (χ1) is 15.2. The molecule has 0 saturated heterocycles. The van der Waals surface area contributed by atoms with Crippen LogP contribution in [0.15, 0.2) is 21.7 Å². The number of nitrogens with one attached hydrogen (secondary N) is 4. The van der Waals surface area contributed by atoms with E-state index in [1.54, 1.807) is 6.07 Å². The SMILES string of the molecule is CCNC(=NCCCNC(=O)c1occc1C)NC1CCC(NC(=O)OC(C)(C)C)CC1.I. The average Bonchev–Trinajstić information content (AvgIpc) is 3.13. The summed E-state index contributed by atoms with van der Waals surface area (Å²) in [5.41, 5.74) is 0.343. The summed E-state index contributed by atoms with van der Waals surface area (Å²) in [6.45, 7) is 11.4. The van der Waals surface area contributed by atoms with E-state index < -0.39 is 5.60 Å². The highest BCUT2D eigenvalue weighted by Gasteiger charge is 2.25. The lowest BCUT2D eigenvalue weighted by molar-refractivity contribution is 0.0490. The molecule has 1 aliphatic carbocycles.